The predicted octanol–water partition coefficient (Wildman–Crippen LogP) is 2.38. The summed E-state index contributed by atoms with van der Waals surface area (Å²) in [6.45, 7) is 0. The number of pyridine rings is 1. The summed E-state index contributed by atoms with van der Waals surface area (Å²) in [7, 11) is 0. The number of aryl methyl sites for hydroxylation is 1. The van der Waals surface area contributed by atoms with E-state index >= 15 is 0 Å². The fraction of sp³-hybridized carbons (Fsp3) is 0.286. The van der Waals surface area contributed by atoms with Gasteiger partial charge >= 0.3 is 0 Å². The molecule has 0 atom stereocenters. The van der Waals surface area contributed by atoms with Gasteiger partial charge in [0.05, 0.1) is 0 Å². The molecule has 0 amide bonds. The molecular formula is C7H6ClNS. The zero-order valence-corrected chi connectivity index (χ0v) is 6.87. The Morgan fingerprint density at radius 3 is 3.40 bits per heavy atom. The van der Waals surface area contributed by atoms with E-state index in [0.717, 1.165) is 6.42 Å². The van der Waals surface area contributed by atoms with Gasteiger partial charge < -0.3 is 0 Å². The fourth-order valence-electron chi connectivity index (χ4n) is 1.03. The Morgan fingerprint density at radius 1 is 1.60 bits per heavy atom. The van der Waals surface area contributed by atoms with Crippen molar-refractivity contribution < 1.29 is 0 Å². The summed E-state index contributed by atoms with van der Waals surface area (Å²) in [6, 6.07) is 1.94. The molecule has 1 aromatic rings. The smallest absolute Gasteiger partial charge is 0.130 e. The molecule has 0 aromatic carbocycles. The quantitative estimate of drug-likeness (QED) is 0.556. The highest BCUT2D eigenvalue weighted by Crippen LogP contribution is 2.31. The van der Waals surface area contributed by atoms with Crippen LogP contribution >= 0.6 is 23.4 Å². The van der Waals surface area contributed by atoms with E-state index in [1.165, 1.54) is 16.2 Å². The number of aromatic nitrogens is 1. The summed E-state index contributed by atoms with van der Waals surface area (Å²) >= 11 is 7.56. The number of rotatable bonds is 0. The van der Waals surface area contributed by atoms with Gasteiger partial charge in [-0.2, -0.15) is 0 Å². The first-order valence-electron chi connectivity index (χ1n) is 3.13. The third-order valence-electron chi connectivity index (χ3n) is 1.54. The normalized spacial score (nSPS) is 15.3. The zero-order chi connectivity index (χ0) is 6.97. The van der Waals surface area contributed by atoms with Crippen molar-refractivity contribution in [1.29, 1.82) is 0 Å². The molecule has 0 saturated carbocycles. The van der Waals surface area contributed by atoms with Crippen molar-refractivity contribution in [3.05, 3.63) is 23.0 Å². The van der Waals surface area contributed by atoms with Gasteiger partial charge in [-0.3, -0.25) is 0 Å². The molecule has 0 bridgehead atoms. The lowest BCUT2D eigenvalue weighted by Crippen LogP contribution is -1.82. The predicted molar refractivity (Wildman–Crippen MR) is 43.7 cm³/mol. The number of nitrogens with zero attached hydrogens (tertiary/aromatic N) is 1. The zero-order valence-electron chi connectivity index (χ0n) is 5.30. The number of fused-ring (bicyclic) bond motifs is 1. The molecule has 0 radical (unpaired) electrons. The second-order valence-electron chi connectivity index (χ2n) is 2.21. The maximum atomic E-state index is 5.70. The lowest BCUT2D eigenvalue weighted by Gasteiger charge is -1.94. The highest BCUT2D eigenvalue weighted by Gasteiger charge is 2.11. The van der Waals surface area contributed by atoms with Crippen LogP contribution < -0.4 is 0 Å². The van der Waals surface area contributed by atoms with Crippen molar-refractivity contribution in [3.63, 3.8) is 0 Å². The van der Waals surface area contributed by atoms with Crippen LogP contribution in [0.3, 0.4) is 0 Å². The van der Waals surface area contributed by atoms with Gasteiger partial charge in [0, 0.05) is 16.8 Å². The van der Waals surface area contributed by atoms with Crippen molar-refractivity contribution in [2.45, 2.75) is 11.3 Å². The second-order valence-corrected chi connectivity index (χ2v) is 3.74. The van der Waals surface area contributed by atoms with Gasteiger partial charge in [0.15, 0.2) is 0 Å². The van der Waals surface area contributed by atoms with E-state index < -0.39 is 0 Å². The Bertz CT molecular complexity index is 262. The Hall–Kier alpha value is -0.210. The molecule has 1 aliphatic rings. The van der Waals surface area contributed by atoms with E-state index in [9.17, 15) is 0 Å². The van der Waals surface area contributed by atoms with E-state index in [4.69, 9.17) is 11.6 Å². The molecular weight excluding hydrogens is 166 g/mol. The summed E-state index contributed by atoms with van der Waals surface area (Å²) in [5.74, 6) is 1.18. The molecule has 0 saturated heterocycles. The van der Waals surface area contributed by atoms with Crippen LogP contribution in [-0.4, -0.2) is 10.7 Å². The lowest BCUT2D eigenvalue weighted by molar-refractivity contribution is 1.10. The molecule has 0 fully saturated rings. The van der Waals surface area contributed by atoms with E-state index in [1.807, 2.05) is 24.0 Å². The highest BCUT2D eigenvalue weighted by atomic mass is 35.5. The van der Waals surface area contributed by atoms with E-state index in [2.05, 4.69) is 4.98 Å². The molecule has 1 nitrogen and oxygen atoms in total. The molecule has 2 heterocycles. The van der Waals surface area contributed by atoms with Crippen LogP contribution in [0.5, 0.6) is 0 Å². The molecule has 1 aromatic heterocycles. The maximum Gasteiger partial charge on any atom is 0.130 e. The van der Waals surface area contributed by atoms with Gasteiger partial charge in [-0.05, 0) is 18.1 Å². The van der Waals surface area contributed by atoms with Crippen LogP contribution in [0.25, 0.3) is 0 Å². The van der Waals surface area contributed by atoms with Gasteiger partial charge in [-0.25, -0.2) is 4.98 Å². The molecule has 1 aliphatic heterocycles. The average molecular weight is 172 g/mol. The summed E-state index contributed by atoms with van der Waals surface area (Å²) in [6.07, 6.45) is 3.02. The van der Waals surface area contributed by atoms with Crippen LogP contribution in [0.2, 0.25) is 5.15 Å². The number of halogens is 1. The van der Waals surface area contributed by atoms with Gasteiger partial charge in [0.25, 0.3) is 0 Å². The summed E-state index contributed by atoms with van der Waals surface area (Å²) in [5.41, 5.74) is 1.34. The number of hydrogen-bond acceptors (Lipinski definition) is 2. The molecule has 0 N–H and O–H groups in total. The molecule has 52 valence electrons. The number of thioether (sulfide) groups is 1. The summed E-state index contributed by atoms with van der Waals surface area (Å²) < 4.78 is 0. The van der Waals surface area contributed by atoms with Crippen LogP contribution in [0.15, 0.2) is 17.2 Å². The highest BCUT2D eigenvalue weighted by molar-refractivity contribution is 7.99. The van der Waals surface area contributed by atoms with Crippen molar-refractivity contribution in [3.8, 4) is 0 Å². The largest absolute Gasteiger partial charge is 0.244 e. The topological polar surface area (TPSA) is 12.9 Å². The molecule has 0 aliphatic carbocycles. The van der Waals surface area contributed by atoms with Crippen LogP contribution in [0.1, 0.15) is 5.56 Å². The molecule has 2 rings (SSSR count). The van der Waals surface area contributed by atoms with E-state index in [1.54, 1.807) is 0 Å². The average Bonchev–Trinajstić information content (AvgIpc) is 2.33. The van der Waals surface area contributed by atoms with Crippen molar-refractivity contribution in [2.24, 2.45) is 0 Å². The van der Waals surface area contributed by atoms with Gasteiger partial charge in [-0.1, -0.05) is 11.6 Å². The monoisotopic (exact) mass is 171 g/mol. The Kier molecular flexibility index (Phi) is 1.58. The molecule has 10 heavy (non-hydrogen) atoms. The number of hydrogen-bond donors (Lipinski definition) is 0. The Morgan fingerprint density at radius 2 is 2.50 bits per heavy atom. The lowest BCUT2D eigenvalue weighted by atomic mass is 10.2. The van der Waals surface area contributed by atoms with Crippen LogP contribution in [0, 0.1) is 0 Å². The molecule has 0 spiro atoms. The van der Waals surface area contributed by atoms with Gasteiger partial charge in [0.1, 0.15) is 5.15 Å². The van der Waals surface area contributed by atoms with Gasteiger partial charge in [0.2, 0.25) is 0 Å². The van der Waals surface area contributed by atoms with E-state index in [-0.39, 0.29) is 0 Å². The summed E-state index contributed by atoms with van der Waals surface area (Å²) in [5, 5.41) is 0.605. The third-order valence-corrected chi connectivity index (χ3v) is 2.85. The van der Waals surface area contributed by atoms with Gasteiger partial charge in [-0.15, -0.1) is 11.8 Å². The maximum absolute atomic E-state index is 5.70. The first kappa shape index (κ1) is 6.50. The minimum absolute atomic E-state index is 0.605. The van der Waals surface area contributed by atoms with Crippen molar-refractivity contribution in [1.82, 2.24) is 4.98 Å². The Labute approximate surface area is 68.8 Å². The van der Waals surface area contributed by atoms with Crippen LogP contribution in [-0.2, 0) is 6.42 Å². The minimum Gasteiger partial charge on any atom is -0.244 e. The molecule has 3 heteroatoms. The fourth-order valence-corrected chi connectivity index (χ4v) is 2.33. The minimum atomic E-state index is 0.605. The van der Waals surface area contributed by atoms with Crippen molar-refractivity contribution >= 4 is 23.4 Å². The summed E-state index contributed by atoms with van der Waals surface area (Å²) in [4.78, 5) is 5.31. The Balaban J connectivity index is 2.52. The SMILES string of the molecule is Clc1cc2c(cn1)CCS2. The van der Waals surface area contributed by atoms with Crippen LogP contribution in [0.4, 0.5) is 0 Å². The van der Waals surface area contributed by atoms with E-state index in [0.29, 0.717) is 5.15 Å². The molecule has 0 unspecified atom stereocenters. The first-order chi connectivity index (χ1) is 4.86. The standard InChI is InChI=1S/C7H6ClNS/c8-7-3-6-5(4-9-7)1-2-10-6/h3-4H,1-2H2. The second kappa shape index (κ2) is 2.44. The third kappa shape index (κ3) is 1.02. The first-order valence-corrected chi connectivity index (χ1v) is 4.50. The van der Waals surface area contributed by atoms with Crippen molar-refractivity contribution in [2.75, 3.05) is 5.75 Å².